The van der Waals surface area contributed by atoms with Crippen molar-refractivity contribution >= 4 is 12.1 Å². The number of ether oxygens (including phenoxy) is 2. The van der Waals surface area contributed by atoms with Gasteiger partial charge in [0.2, 0.25) is 0 Å². The van der Waals surface area contributed by atoms with E-state index in [1.165, 1.54) is 0 Å². The van der Waals surface area contributed by atoms with Crippen LogP contribution in [0.15, 0.2) is 4.99 Å². The molecule has 0 bridgehead atoms. The van der Waals surface area contributed by atoms with E-state index in [-0.39, 0.29) is 23.7 Å². The number of nitrogens with one attached hydrogen (secondary N) is 1. The van der Waals surface area contributed by atoms with E-state index >= 15 is 0 Å². The monoisotopic (exact) mass is 368 g/mol. The zero-order valence-corrected chi connectivity index (χ0v) is 16.8. The number of likely N-dealkylation sites (tertiary alicyclic amines) is 1. The van der Waals surface area contributed by atoms with Gasteiger partial charge in [-0.25, -0.2) is 4.79 Å². The van der Waals surface area contributed by atoms with Gasteiger partial charge in [-0.05, 0) is 38.0 Å². The minimum absolute atomic E-state index is 0.114. The lowest BCUT2D eigenvalue weighted by molar-refractivity contribution is -0.0823. The number of piperidine rings is 1. The van der Waals surface area contributed by atoms with Crippen molar-refractivity contribution in [2.24, 2.45) is 22.1 Å². The Kier molecular flexibility index (Phi) is 7.55. The number of hydrogen-bond donors (Lipinski definition) is 2. The maximum absolute atomic E-state index is 11.7. The highest BCUT2D eigenvalue weighted by atomic mass is 16.6. The van der Waals surface area contributed by atoms with E-state index in [1.807, 2.05) is 6.92 Å². The Morgan fingerprint density at radius 3 is 2.62 bits per heavy atom. The molecule has 2 aliphatic heterocycles. The number of nitrogens with zero attached hydrogens (tertiary/aromatic N) is 2. The largest absolute Gasteiger partial charge is 0.450 e. The summed E-state index contributed by atoms with van der Waals surface area (Å²) in [6, 6.07) is 0.255. The Balaban J connectivity index is 1.79. The highest BCUT2D eigenvalue weighted by molar-refractivity contribution is 5.78. The molecule has 2 fully saturated rings. The van der Waals surface area contributed by atoms with Crippen molar-refractivity contribution < 1.29 is 14.3 Å². The summed E-state index contributed by atoms with van der Waals surface area (Å²) >= 11 is 0. The number of amides is 1. The van der Waals surface area contributed by atoms with Gasteiger partial charge in [-0.15, -0.1) is 0 Å². The van der Waals surface area contributed by atoms with Crippen molar-refractivity contribution in [2.75, 3.05) is 32.8 Å². The van der Waals surface area contributed by atoms with E-state index in [9.17, 15) is 4.79 Å². The van der Waals surface area contributed by atoms with Crippen molar-refractivity contribution in [3.8, 4) is 0 Å². The van der Waals surface area contributed by atoms with Crippen LogP contribution in [-0.2, 0) is 9.47 Å². The van der Waals surface area contributed by atoms with Crippen molar-refractivity contribution in [2.45, 2.75) is 65.5 Å². The van der Waals surface area contributed by atoms with Gasteiger partial charge in [-0.1, -0.05) is 20.8 Å². The number of aliphatic imine (C=N–C) groups is 1. The lowest BCUT2D eigenvalue weighted by atomic mass is 9.78. The van der Waals surface area contributed by atoms with Crippen molar-refractivity contribution in [1.82, 2.24) is 10.2 Å². The second kappa shape index (κ2) is 9.44. The predicted octanol–water partition coefficient (Wildman–Crippen LogP) is 2.35. The third-order valence-corrected chi connectivity index (χ3v) is 5.17. The fourth-order valence-corrected chi connectivity index (χ4v) is 3.88. The maximum Gasteiger partial charge on any atom is 0.409 e. The highest BCUT2D eigenvalue weighted by Gasteiger charge is 2.35. The summed E-state index contributed by atoms with van der Waals surface area (Å²) in [5.41, 5.74) is 6.23. The van der Waals surface area contributed by atoms with E-state index in [0.29, 0.717) is 38.1 Å². The van der Waals surface area contributed by atoms with Crippen molar-refractivity contribution in [1.29, 1.82) is 0 Å². The first kappa shape index (κ1) is 20.8. The van der Waals surface area contributed by atoms with Crippen LogP contribution >= 0.6 is 0 Å². The molecule has 0 aromatic carbocycles. The number of hydrogen-bond acceptors (Lipinski definition) is 4. The lowest BCUT2D eigenvalue weighted by Crippen LogP contribution is -2.49. The molecule has 1 amide bonds. The molecule has 0 aromatic heterocycles. The number of nitrogens with two attached hydrogens (primary N) is 1. The number of guanidine groups is 1. The molecule has 2 aliphatic rings. The van der Waals surface area contributed by atoms with Crippen LogP contribution in [0.1, 0.15) is 53.4 Å². The summed E-state index contributed by atoms with van der Waals surface area (Å²) in [4.78, 5) is 18.1. The van der Waals surface area contributed by atoms with E-state index in [0.717, 1.165) is 32.3 Å². The zero-order valence-electron chi connectivity index (χ0n) is 16.8. The third-order valence-electron chi connectivity index (χ3n) is 5.17. The molecule has 2 unspecified atom stereocenters. The van der Waals surface area contributed by atoms with Crippen molar-refractivity contribution in [3.63, 3.8) is 0 Å². The minimum atomic E-state index is -0.224. The average Bonchev–Trinajstić information content (AvgIpc) is 2.60. The van der Waals surface area contributed by atoms with Gasteiger partial charge in [0.25, 0.3) is 0 Å². The van der Waals surface area contributed by atoms with Crippen LogP contribution in [0.2, 0.25) is 0 Å². The smallest absolute Gasteiger partial charge is 0.409 e. The fraction of sp³-hybridized carbons (Fsp3) is 0.895. The molecule has 2 heterocycles. The number of carbonyl (C=O) groups is 1. The van der Waals surface area contributed by atoms with Gasteiger partial charge in [0.15, 0.2) is 5.96 Å². The molecule has 0 radical (unpaired) electrons. The van der Waals surface area contributed by atoms with Gasteiger partial charge in [0.1, 0.15) is 0 Å². The molecule has 7 heteroatoms. The summed E-state index contributed by atoms with van der Waals surface area (Å²) in [5.74, 6) is 0.910. The number of carbonyl (C=O) groups excluding carboxylic acids is 1. The van der Waals surface area contributed by atoms with Crippen LogP contribution in [0.4, 0.5) is 4.79 Å². The first-order valence-corrected chi connectivity index (χ1v) is 9.91. The molecule has 0 aromatic rings. The Bertz CT molecular complexity index is 482. The van der Waals surface area contributed by atoms with Crippen LogP contribution < -0.4 is 11.1 Å². The Morgan fingerprint density at radius 2 is 2.00 bits per heavy atom. The summed E-state index contributed by atoms with van der Waals surface area (Å²) in [7, 11) is 0. The van der Waals surface area contributed by atoms with Gasteiger partial charge in [-0.3, -0.25) is 4.99 Å². The first-order valence-electron chi connectivity index (χ1n) is 9.91. The second-order valence-electron chi connectivity index (χ2n) is 8.39. The molecule has 0 aliphatic carbocycles. The van der Waals surface area contributed by atoms with Gasteiger partial charge >= 0.3 is 6.09 Å². The molecule has 26 heavy (non-hydrogen) atoms. The van der Waals surface area contributed by atoms with E-state index < -0.39 is 0 Å². The summed E-state index contributed by atoms with van der Waals surface area (Å²) in [5, 5.41) is 3.31. The van der Waals surface area contributed by atoms with Crippen LogP contribution in [0.25, 0.3) is 0 Å². The van der Waals surface area contributed by atoms with E-state index in [1.54, 1.807) is 4.90 Å². The average molecular weight is 369 g/mol. The molecule has 2 atom stereocenters. The summed E-state index contributed by atoms with van der Waals surface area (Å²) in [6.07, 6.45) is 3.93. The van der Waals surface area contributed by atoms with Gasteiger partial charge in [0.05, 0.1) is 12.7 Å². The van der Waals surface area contributed by atoms with Gasteiger partial charge < -0.3 is 25.4 Å². The Morgan fingerprint density at radius 1 is 1.31 bits per heavy atom. The first-order chi connectivity index (χ1) is 12.3. The predicted molar refractivity (Wildman–Crippen MR) is 103 cm³/mol. The summed E-state index contributed by atoms with van der Waals surface area (Å²) < 4.78 is 11.1. The summed E-state index contributed by atoms with van der Waals surface area (Å²) in [6.45, 7) is 11.8. The minimum Gasteiger partial charge on any atom is -0.450 e. The maximum atomic E-state index is 11.7. The van der Waals surface area contributed by atoms with E-state index in [4.69, 9.17) is 15.2 Å². The second-order valence-corrected chi connectivity index (χ2v) is 8.39. The van der Waals surface area contributed by atoms with Crippen LogP contribution in [0.3, 0.4) is 0 Å². The molecule has 2 saturated heterocycles. The Labute approximate surface area is 157 Å². The molecule has 7 nitrogen and oxygen atoms in total. The lowest BCUT2D eigenvalue weighted by Gasteiger charge is -2.39. The van der Waals surface area contributed by atoms with Gasteiger partial charge in [-0.2, -0.15) is 0 Å². The molecule has 3 N–H and O–H groups in total. The van der Waals surface area contributed by atoms with Crippen LogP contribution in [-0.4, -0.2) is 61.9 Å². The normalized spacial score (nSPS) is 25.8. The topological polar surface area (TPSA) is 89.2 Å². The van der Waals surface area contributed by atoms with Crippen LogP contribution in [0, 0.1) is 11.3 Å². The quantitative estimate of drug-likeness (QED) is 0.587. The van der Waals surface area contributed by atoms with Gasteiger partial charge in [0, 0.05) is 38.2 Å². The molecular formula is C19H36N4O3. The number of rotatable bonds is 4. The molecule has 2 rings (SSSR count). The fourth-order valence-electron chi connectivity index (χ4n) is 3.88. The van der Waals surface area contributed by atoms with E-state index in [2.05, 4.69) is 31.1 Å². The molecule has 0 saturated carbocycles. The standard InChI is InChI=1S/C19H36N4O3/c1-5-25-18(24)23-10-8-15(9-11-23)22-17(20)21-13-14-7-6-12-26-16(14)19(2,3)4/h14-16H,5-13H2,1-4H3,(H3,20,21,22). The zero-order chi connectivity index (χ0) is 19.2. The highest BCUT2D eigenvalue weighted by Crippen LogP contribution is 2.34. The molecule has 150 valence electrons. The molecule has 0 spiro atoms. The Hall–Kier alpha value is -1.50. The van der Waals surface area contributed by atoms with Crippen LogP contribution in [0.5, 0.6) is 0 Å². The molecular weight excluding hydrogens is 332 g/mol. The third kappa shape index (κ3) is 6.04. The SMILES string of the molecule is CCOC(=O)N1CCC(NC(N)=NCC2CCCOC2C(C)(C)C)CC1. The van der Waals surface area contributed by atoms with Crippen molar-refractivity contribution in [3.05, 3.63) is 0 Å².